The van der Waals surface area contributed by atoms with Crippen LogP contribution in [0.2, 0.25) is 0 Å². The standard InChI is InChI=1S/C9H10N4O2/c1-15-9(14)7-8(11)12-5-6(13-7)3-2-4-10/h5H,4,10H2,1H3,(H2,11,12). The Morgan fingerprint density at radius 3 is 3.00 bits per heavy atom. The zero-order valence-electron chi connectivity index (χ0n) is 8.15. The van der Waals surface area contributed by atoms with Gasteiger partial charge in [-0.3, -0.25) is 0 Å². The molecule has 0 saturated heterocycles. The number of carbonyl (C=O) groups excluding carboxylic acids is 1. The Labute approximate surface area is 86.6 Å². The first-order chi connectivity index (χ1) is 7.19. The summed E-state index contributed by atoms with van der Waals surface area (Å²) in [5.74, 6) is 4.60. The fraction of sp³-hybridized carbons (Fsp3) is 0.222. The molecule has 1 heterocycles. The summed E-state index contributed by atoms with van der Waals surface area (Å²) in [7, 11) is 1.24. The van der Waals surface area contributed by atoms with E-state index in [2.05, 4.69) is 26.5 Å². The number of nitrogens with zero attached hydrogens (tertiary/aromatic N) is 2. The van der Waals surface area contributed by atoms with E-state index in [1.807, 2.05) is 0 Å². The summed E-state index contributed by atoms with van der Waals surface area (Å²) in [5, 5.41) is 0. The second-order valence-corrected chi connectivity index (χ2v) is 2.49. The molecule has 1 aromatic rings. The van der Waals surface area contributed by atoms with Crippen LogP contribution in [0.15, 0.2) is 6.20 Å². The van der Waals surface area contributed by atoms with E-state index in [4.69, 9.17) is 11.5 Å². The molecule has 0 aromatic carbocycles. The molecule has 0 aliphatic carbocycles. The Morgan fingerprint density at radius 2 is 2.40 bits per heavy atom. The lowest BCUT2D eigenvalue weighted by Gasteiger charge is -2.01. The van der Waals surface area contributed by atoms with Crippen molar-refractivity contribution in [3.63, 3.8) is 0 Å². The third-order valence-corrected chi connectivity index (χ3v) is 1.50. The van der Waals surface area contributed by atoms with E-state index in [9.17, 15) is 4.79 Å². The van der Waals surface area contributed by atoms with Crippen molar-refractivity contribution in [2.24, 2.45) is 5.73 Å². The van der Waals surface area contributed by atoms with E-state index in [1.165, 1.54) is 13.3 Å². The van der Waals surface area contributed by atoms with E-state index >= 15 is 0 Å². The van der Waals surface area contributed by atoms with Gasteiger partial charge in [-0.15, -0.1) is 0 Å². The molecule has 4 N–H and O–H groups in total. The van der Waals surface area contributed by atoms with Gasteiger partial charge in [0.25, 0.3) is 0 Å². The molecule has 6 nitrogen and oxygen atoms in total. The Morgan fingerprint density at radius 1 is 1.67 bits per heavy atom. The normalized spacial score (nSPS) is 8.93. The van der Waals surface area contributed by atoms with Crippen molar-refractivity contribution >= 4 is 11.8 Å². The van der Waals surface area contributed by atoms with E-state index in [0.29, 0.717) is 5.69 Å². The second-order valence-electron chi connectivity index (χ2n) is 2.49. The molecule has 0 aliphatic heterocycles. The number of aromatic nitrogens is 2. The maximum Gasteiger partial charge on any atom is 0.360 e. The van der Waals surface area contributed by atoms with Crippen molar-refractivity contribution in [2.45, 2.75) is 0 Å². The Balaban J connectivity index is 3.10. The molecule has 0 saturated carbocycles. The third-order valence-electron chi connectivity index (χ3n) is 1.50. The van der Waals surface area contributed by atoms with Crippen LogP contribution in [0.3, 0.4) is 0 Å². The van der Waals surface area contributed by atoms with Gasteiger partial charge in [-0.05, 0) is 5.92 Å². The molecule has 0 bridgehead atoms. The third kappa shape index (κ3) is 2.65. The summed E-state index contributed by atoms with van der Waals surface area (Å²) in [6.45, 7) is 0.208. The van der Waals surface area contributed by atoms with Gasteiger partial charge < -0.3 is 16.2 Å². The lowest BCUT2D eigenvalue weighted by Crippen LogP contribution is -2.11. The van der Waals surface area contributed by atoms with Gasteiger partial charge in [0, 0.05) is 0 Å². The number of nitrogens with two attached hydrogens (primary N) is 2. The number of esters is 1. The highest BCUT2D eigenvalue weighted by Crippen LogP contribution is 2.06. The fourth-order valence-corrected chi connectivity index (χ4v) is 0.847. The van der Waals surface area contributed by atoms with Crippen LogP contribution in [-0.2, 0) is 4.74 Å². The van der Waals surface area contributed by atoms with Gasteiger partial charge in [-0.1, -0.05) is 5.92 Å². The van der Waals surface area contributed by atoms with Crippen LogP contribution in [0.25, 0.3) is 0 Å². The highest BCUT2D eigenvalue weighted by Gasteiger charge is 2.13. The van der Waals surface area contributed by atoms with E-state index < -0.39 is 5.97 Å². The van der Waals surface area contributed by atoms with E-state index in [-0.39, 0.29) is 18.1 Å². The number of ether oxygens (including phenoxy) is 1. The molecule has 0 amide bonds. The monoisotopic (exact) mass is 206 g/mol. The molecule has 0 fully saturated rings. The Hall–Kier alpha value is -2.13. The largest absolute Gasteiger partial charge is 0.464 e. The van der Waals surface area contributed by atoms with Crippen LogP contribution in [0.1, 0.15) is 16.2 Å². The topological polar surface area (TPSA) is 104 Å². The van der Waals surface area contributed by atoms with Crippen molar-refractivity contribution in [2.75, 3.05) is 19.4 Å². The molecule has 0 atom stereocenters. The minimum absolute atomic E-state index is 0.0140. The van der Waals surface area contributed by atoms with Crippen LogP contribution in [0.5, 0.6) is 0 Å². The van der Waals surface area contributed by atoms with Crippen molar-refractivity contribution < 1.29 is 9.53 Å². The van der Waals surface area contributed by atoms with Crippen LogP contribution >= 0.6 is 0 Å². The molecule has 6 heteroatoms. The average molecular weight is 206 g/mol. The molecular formula is C9H10N4O2. The summed E-state index contributed by atoms with van der Waals surface area (Å²) in [6, 6.07) is 0. The first-order valence-electron chi connectivity index (χ1n) is 4.08. The molecule has 78 valence electrons. The number of rotatable bonds is 1. The highest BCUT2D eigenvalue weighted by molar-refractivity contribution is 5.91. The molecule has 0 radical (unpaired) electrons. The zero-order valence-corrected chi connectivity index (χ0v) is 8.15. The first-order valence-corrected chi connectivity index (χ1v) is 4.08. The van der Waals surface area contributed by atoms with Crippen molar-refractivity contribution in [3.05, 3.63) is 17.6 Å². The van der Waals surface area contributed by atoms with Gasteiger partial charge in [0.1, 0.15) is 5.69 Å². The quantitative estimate of drug-likeness (QED) is 0.458. The van der Waals surface area contributed by atoms with Crippen molar-refractivity contribution in [3.8, 4) is 11.8 Å². The highest BCUT2D eigenvalue weighted by atomic mass is 16.5. The second kappa shape index (κ2) is 4.93. The number of nitrogen functional groups attached to an aromatic ring is 1. The van der Waals surface area contributed by atoms with Gasteiger partial charge in [0.2, 0.25) is 0 Å². The molecule has 15 heavy (non-hydrogen) atoms. The average Bonchev–Trinajstić information content (AvgIpc) is 2.27. The summed E-state index contributed by atoms with van der Waals surface area (Å²) < 4.78 is 4.48. The zero-order chi connectivity index (χ0) is 11.3. The number of hydrogen-bond donors (Lipinski definition) is 2. The lowest BCUT2D eigenvalue weighted by molar-refractivity contribution is 0.0595. The number of anilines is 1. The Kier molecular flexibility index (Phi) is 3.60. The minimum Gasteiger partial charge on any atom is -0.464 e. The maximum atomic E-state index is 11.2. The lowest BCUT2D eigenvalue weighted by atomic mass is 10.3. The van der Waals surface area contributed by atoms with E-state index in [1.54, 1.807) is 0 Å². The predicted octanol–water partition coefficient (Wildman–Crippen LogP) is -0.844. The van der Waals surface area contributed by atoms with Gasteiger partial charge in [0.05, 0.1) is 19.9 Å². The molecule has 0 aliphatic rings. The summed E-state index contributed by atoms with van der Waals surface area (Å²) in [5.41, 5.74) is 10.9. The van der Waals surface area contributed by atoms with Gasteiger partial charge in [0.15, 0.2) is 11.5 Å². The Bertz CT molecular complexity index is 433. The van der Waals surface area contributed by atoms with Crippen LogP contribution < -0.4 is 11.5 Å². The van der Waals surface area contributed by atoms with Gasteiger partial charge in [-0.2, -0.15) is 0 Å². The SMILES string of the molecule is COC(=O)c1nc(C#CCN)cnc1N. The van der Waals surface area contributed by atoms with Crippen LogP contribution in [0.4, 0.5) is 5.82 Å². The smallest absolute Gasteiger partial charge is 0.360 e. The number of carbonyl (C=O) groups is 1. The van der Waals surface area contributed by atoms with Crippen molar-refractivity contribution in [1.82, 2.24) is 9.97 Å². The van der Waals surface area contributed by atoms with Gasteiger partial charge >= 0.3 is 5.97 Å². The van der Waals surface area contributed by atoms with E-state index in [0.717, 1.165) is 0 Å². The molecular weight excluding hydrogens is 196 g/mol. The molecule has 0 unspecified atom stereocenters. The summed E-state index contributed by atoms with van der Waals surface area (Å²) in [6.07, 6.45) is 1.37. The first kappa shape index (κ1) is 10.9. The number of methoxy groups -OCH3 is 1. The molecule has 1 aromatic heterocycles. The summed E-state index contributed by atoms with van der Waals surface area (Å²) >= 11 is 0. The molecule has 1 rings (SSSR count). The van der Waals surface area contributed by atoms with Gasteiger partial charge in [-0.25, -0.2) is 14.8 Å². The fourth-order valence-electron chi connectivity index (χ4n) is 0.847. The minimum atomic E-state index is -0.642. The summed E-state index contributed by atoms with van der Waals surface area (Å²) in [4.78, 5) is 18.8. The maximum absolute atomic E-state index is 11.2. The van der Waals surface area contributed by atoms with Crippen LogP contribution in [-0.4, -0.2) is 29.6 Å². The van der Waals surface area contributed by atoms with Crippen molar-refractivity contribution in [1.29, 1.82) is 0 Å². The van der Waals surface area contributed by atoms with Crippen LogP contribution in [0, 0.1) is 11.8 Å². The molecule has 0 spiro atoms. The predicted molar refractivity (Wildman–Crippen MR) is 53.7 cm³/mol. The number of hydrogen-bond acceptors (Lipinski definition) is 6.